The summed E-state index contributed by atoms with van der Waals surface area (Å²) in [7, 11) is 1.69. The van der Waals surface area contributed by atoms with Crippen molar-refractivity contribution in [1.29, 1.82) is 0 Å². The minimum atomic E-state index is 0.270. The molecule has 1 aromatic carbocycles. The molecular weight excluding hydrogens is 276 g/mol. The van der Waals surface area contributed by atoms with E-state index in [2.05, 4.69) is 22.8 Å². The van der Waals surface area contributed by atoms with Gasteiger partial charge in [0.1, 0.15) is 5.75 Å². The lowest BCUT2D eigenvalue weighted by atomic mass is 9.92. The Hall–Kier alpha value is -1.55. The smallest absolute Gasteiger partial charge is 0.223 e. The van der Waals surface area contributed by atoms with Gasteiger partial charge in [0.25, 0.3) is 0 Å². The van der Waals surface area contributed by atoms with Crippen molar-refractivity contribution >= 4 is 5.91 Å². The number of piperidine rings is 1. The van der Waals surface area contributed by atoms with Crippen LogP contribution >= 0.6 is 0 Å². The lowest BCUT2D eigenvalue weighted by molar-refractivity contribution is -0.123. The number of amides is 1. The van der Waals surface area contributed by atoms with Crippen molar-refractivity contribution in [3.63, 3.8) is 0 Å². The average molecular weight is 302 g/mol. The molecule has 22 heavy (non-hydrogen) atoms. The van der Waals surface area contributed by atoms with Gasteiger partial charge in [-0.2, -0.15) is 0 Å². The molecule has 1 amide bonds. The Kier molecular flexibility index (Phi) is 4.67. The molecule has 0 bridgehead atoms. The van der Waals surface area contributed by atoms with Gasteiger partial charge in [-0.15, -0.1) is 0 Å². The summed E-state index contributed by atoms with van der Waals surface area (Å²) in [5.41, 5.74) is 1.59. The predicted molar refractivity (Wildman–Crippen MR) is 87.0 cm³/mol. The molecule has 4 nitrogen and oxygen atoms in total. The fraction of sp³-hybridized carbons (Fsp3) is 0.611. The van der Waals surface area contributed by atoms with Crippen LogP contribution in [-0.2, 0) is 11.2 Å². The van der Waals surface area contributed by atoms with E-state index >= 15 is 0 Å². The Morgan fingerprint density at radius 3 is 3.00 bits per heavy atom. The zero-order valence-electron chi connectivity index (χ0n) is 13.4. The van der Waals surface area contributed by atoms with Crippen molar-refractivity contribution in [2.45, 2.75) is 32.1 Å². The number of hydrogen-bond acceptors (Lipinski definition) is 3. The molecule has 0 radical (unpaired) electrons. The number of hydrogen-bond donors (Lipinski definition) is 2. The molecule has 1 saturated carbocycles. The number of benzene rings is 1. The van der Waals surface area contributed by atoms with Gasteiger partial charge in [0.15, 0.2) is 0 Å². The van der Waals surface area contributed by atoms with Crippen LogP contribution in [0.4, 0.5) is 0 Å². The van der Waals surface area contributed by atoms with Crippen LogP contribution in [0.5, 0.6) is 5.75 Å². The van der Waals surface area contributed by atoms with Gasteiger partial charge < -0.3 is 15.4 Å². The number of rotatable bonds is 6. The first-order chi connectivity index (χ1) is 10.7. The van der Waals surface area contributed by atoms with Crippen molar-refractivity contribution in [2.24, 2.45) is 11.3 Å². The average Bonchev–Trinajstić information content (AvgIpc) is 3.25. The first kappa shape index (κ1) is 15.3. The lowest BCUT2D eigenvalue weighted by Crippen LogP contribution is -2.34. The van der Waals surface area contributed by atoms with Gasteiger partial charge in [-0.3, -0.25) is 4.79 Å². The Morgan fingerprint density at radius 2 is 2.23 bits per heavy atom. The second-order valence-electron chi connectivity index (χ2n) is 6.62. The highest BCUT2D eigenvalue weighted by Gasteiger charge is 2.57. The summed E-state index contributed by atoms with van der Waals surface area (Å²) >= 11 is 0. The third kappa shape index (κ3) is 3.43. The predicted octanol–water partition coefficient (Wildman–Crippen LogP) is 2.13. The topological polar surface area (TPSA) is 50.4 Å². The van der Waals surface area contributed by atoms with Crippen LogP contribution in [-0.4, -0.2) is 32.7 Å². The molecule has 0 aromatic heterocycles. The third-order valence-corrected chi connectivity index (χ3v) is 5.18. The van der Waals surface area contributed by atoms with Gasteiger partial charge in [-0.1, -0.05) is 12.1 Å². The van der Waals surface area contributed by atoms with E-state index < -0.39 is 0 Å². The Balaban J connectivity index is 1.37. The zero-order chi connectivity index (χ0) is 15.4. The van der Waals surface area contributed by atoms with E-state index in [0.29, 0.717) is 5.41 Å². The molecule has 1 aliphatic heterocycles. The van der Waals surface area contributed by atoms with Crippen LogP contribution in [0.1, 0.15) is 31.2 Å². The summed E-state index contributed by atoms with van der Waals surface area (Å²) in [4.78, 5) is 12.2. The molecule has 1 heterocycles. The maximum Gasteiger partial charge on any atom is 0.223 e. The fourth-order valence-electron chi connectivity index (χ4n) is 3.65. The molecule has 1 atom stereocenters. The summed E-state index contributed by atoms with van der Waals surface area (Å²) in [6, 6.07) is 8.14. The van der Waals surface area contributed by atoms with Gasteiger partial charge in [-0.25, -0.2) is 0 Å². The summed E-state index contributed by atoms with van der Waals surface area (Å²) in [5.74, 6) is 1.44. The van der Waals surface area contributed by atoms with E-state index in [1.165, 1.54) is 5.56 Å². The van der Waals surface area contributed by atoms with Gasteiger partial charge in [0, 0.05) is 12.5 Å². The lowest BCUT2D eigenvalue weighted by Gasteiger charge is -2.23. The second-order valence-corrected chi connectivity index (χ2v) is 6.62. The van der Waals surface area contributed by atoms with E-state index in [4.69, 9.17) is 4.74 Å². The normalized spacial score (nSPS) is 22.3. The zero-order valence-corrected chi connectivity index (χ0v) is 13.4. The van der Waals surface area contributed by atoms with Crippen LogP contribution < -0.4 is 15.4 Å². The van der Waals surface area contributed by atoms with Gasteiger partial charge in [0.05, 0.1) is 7.11 Å². The number of aryl methyl sites for hydroxylation is 1. The van der Waals surface area contributed by atoms with E-state index in [1.54, 1.807) is 7.11 Å². The van der Waals surface area contributed by atoms with Crippen molar-refractivity contribution in [3.05, 3.63) is 29.8 Å². The van der Waals surface area contributed by atoms with Crippen LogP contribution in [0, 0.1) is 11.3 Å². The maximum atomic E-state index is 12.2. The number of ether oxygens (including phenoxy) is 1. The summed E-state index contributed by atoms with van der Waals surface area (Å²) < 4.78 is 5.23. The molecule has 3 rings (SSSR count). The molecular formula is C18H26N2O2. The molecule has 1 unspecified atom stereocenters. The Bertz CT molecular complexity index is 524. The van der Waals surface area contributed by atoms with Crippen molar-refractivity contribution in [1.82, 2.24) is 10.6 Å². The number of carbonyl (C=O) groups is 1. The van der Waals surface area contributed by atoms with Crippen LogP contribution in [0.2, 0.25) is 0 Å². The quantitative estimate of drug-likeness (QED) is 0.792. The molecule has 4 heteroatoms. The largest absolute Gasteiger partial charge is 0.497 e. The molecule has 2 fully saturated rings. The Labute approximate surface area is 132 Å². The SMILES string of the molecule is COc1cccc(CCCNC(=O)C2CC23CCNCC3)c1. The third-order valence-electron chi connectivity index (χ3n) is 5.18. The highest BCUT2D eigenvalue weighted by molar-refractivity contribution is 5.82. The minimum absolute atomic E-state index is 0.270. The molecule has 1 saturated heterocycles. The summed E-state index contributed by atoms with van der Waals surface area (Å²) in [5, 5.41) is 6.50. The first-order valence-corrected chi connectivity index (χ1v) is 8.35. The van der Waals surface area contributed by atoms with E-state index in [-0.39, 0.29) is 11.8 Å². The first-order valence-electron chi connectivity index (χ1n) is 8.35. The second kappa shape index (κ2) is 6.69. The molecule has 1 aliphatic carbocycles. The molecule has 1 aromatic rings. The minimum Gasteiger partial charge on any atom is -0.497 e. The van der Waals surface area contributed by atoms with Gasteiger partial charge >= 0.3 is 0 Å². The molecule has 2 aliphatic rings. The van der Waals surface area contributed by atoms with Crippen molar-refractivity contribution in [2.75, 3.05) is 26.7 Å². The highest BCUT2D eigenvalue weighted by atomic mass is 16.5. The molecule has 120 valence electrons. The summed E-state index contributed by atoms with van der Waals surface area (Å²) in [6.45, 7) is 2.90. The van der Waals surface area contributed by atoms with Gasteiger partial charge in [-0.05, 0) is 68.3 Å². The number of carbonyl (C=O) groups excluding carboxylic acids is 1. The standard InChI is InChI=1S/C18H26N2O2/c1-22-15-6-2-4-14(12-15)5-3-9-20-17(21)16-13-18(16)7-10-19-11-8-18/h2,4,6,12,16,19H,3,5,7-11,13H2,1H3,(H,20,21). The Morgan fingerprint density at radius 1 is 1.41 bits per heavy atom. The van der Waals surface area contributed by atoms with E-state index in [0.717, 1.165) is 57.5 Å². The van der Waals surface area contributed by atoms with Crippen LogP contribution in [0.25, 0.3) is 0 Å². The summed E-state index contributed by atoms with van der Waals surface area (Å²) in [6.07, 6.45) is 5.36. The van der Waals surface area contributed by atoms with Gasteiger partial charge in [0.2, 0.25) is 5.91 Å². The van der Waals surface area contributed by atoms with E-state index in [9.17, 15) is 4.79 Å². The van der Waals surface area contributed by atoms with Crippen LogP contribution in [0.15, 0.2) is 24.3 Å². The molecule has 2 N–H and O–H groups in total. The highest BCUT2D eigenvalue weighted by Crippen LogP contribution is 2.58. The number of methoxy groups -OCH3 is 1. The molecule has 1 spiro atoms. The van der Waals surface area contributed by atoms with Crippen molar-refractivity contribution in [3.8, 4) is 5.75 Å². The monoisotopic (exact) mass is 302 g/mol. The fourth-order valence-corrected chi connectivity index (χ4v) is 3.65. The van der Waals surface area contributed by atoms with Crippen molar-refractivity contribution < 1.29 is 9.53 Å². The number of nitrogens with one attached hydrogen (secondary N) is 2. The van der Waals surface area contributed by atoms with Crippen LogP contribution in [0.3, 0.4) is 0 Å². The maximum absolute atomic E-state index is 12.2. The van der Waals surface area contributed by atoms with E-state index in [1.807, 2.05) is 12.1 Å².